The Balaban J connectivity index is 1.54. The van der Waals surface area contributed by atoms with Gasteiger partial charge in [0.05, 0.1) is 18.5 Å². The minimum absolute atomic E-state index is 0.0117. The Morgan fingerprint density at radius 3 is 2.82 bits per heavy atom. The van der Waals surface area contributed by atoms with Gasteiger partial charge in [0.2, 0.25) is 0 Å². The van der Waals surface area contributed by atoms with Crippen LogP contribution < -0.4 is 15.4 Å². The highest BCUT2D eigenvalue weighted by molar-refractivity contribution is 5.95. The minimum atomic E-state index is -0.235. The SMILES string of the molecule is CNc1cc([C@]2(C)CCCN(C(=O)c3ccc(OC)c(NCc4cccnc4)c3)C2)nc(C)n1. The smallest absolute Gasteiger partial charge is 0.253 e. The van der Waals surface area contributed by atoms with Crippen molar-refractivity contribution in [1.82, 2.24) is 19.9 Å². The zero-order valence-corrected chi connectivity index (χ0v) is 20.3. The van der Waals surface area contributed by atoms with E-state index in [1.54, 1.807) is 13.3 Å². The fourth-order valence-corrected chi connectivity index (χ4v) is 4.49. The fraction of sp³-hybridized carbons (Fsp3) is 0.385. The molecule has 1 aliphatic heterocycles. The average Bonchev–Trinajstić information content (AvgIpc) is 2.87. The number of nitrogens with zero attached hydrogens (tertiary/aromatic N) is 4. The summed E-state index contributed by atoms with van der Waals surface area (Å²) in [5.41, 5.74) is 3.20. The summed E-state index contributed by atoms with van der Waals surface area (Å²) in [5.74, 6) is 2.23. The molecule has 8 heteroatoms. The van der Waals surface area contributed by atoms with Gasteiger partial charge in [-0.3, -0.25) is 9.78 Å². The van der Waals surface area contributed by atoms with Crippen LogP contribution in [0.15, 0.2) is 48.8 Å². The third kappa shape index (κ3) is 5.11. The molecule has 1 saturated heterocycles. The molecule has 0 bridgehead atoms. The van der Waals surface area contributed by atoms with Crippen LogP contribution >= 0.6 is 0 Å². The first-order valence-electron chi connectivity index (χ1n) is 11.6. The van der Waals surface area contributed by atoms with E-state index in [0.717, 1.165) is 48.0 Å². The van der Waals surface area contributed by atoms with E-state index in [4.69, 9.17) is 9.72 Å². The van der Waals surface area contributed by atoms with E-state index < -0.39 is 0 Å². The minimum Gasteiger partial charge on any atom is -0.495 e. The van der Waals surface area contributed by atoms with Crippen molar-refractivity contribution in [3.8, 4) is 5.75 Å². The number of methoxy groups -OCH3 is 1. The lowest BCUT2D eigenvalue weighted by atomic mass is 9.78. The zero-order chi connectivity index (χ0) is 24.1. The lowest BCUT2D eigenvalue weighted by Crippen LogP contribution is -2.47. The Kier molecular flexibility index (Phi) is 6.95. The van der Waals surface area contributed by atoms with Crippen molar-refractivity contribution in [2.24, 2.45) is 0 Å². The quantitative estimate of drug-likeness (QED) is 0.550. The number of anilines is 2. The maximum atomic E-state index is 13.5. The van der Waals surface area contributed by atoms with Crippen LogP contribution in [0.5, 0.6) is 5.75 Å². The van der Waals surface area contributed by atoms with Gasteiger partial charge in [0, 0.05) is 56.1 Å². The maximum Gasteiger partial charge on any atom is 0.253 e. The van der Waals surface area contributed by atoms with Gasteiger partial charge in [-0.25, -0.2) is 9.97 Å². The van der Waals surface area contributed by atoms with E-state index in [0.29, 0.717) is 24.4 Å². The van der Waals surface area contributed by atoms with Gasteiger partial charge in [0.15, 0.2) is 0 Å². The molecule has 0 aliphatic carbocycles. The number of ether oxygens (including phenoxy) is 1. The van der Waals surface area contributed by atoms with Crippen molar-refractivity contribution >= 4 is 17.4 Å². The number of aromatic nitrogens is 3. The number of hydrogen-bond donors (Lipinski definition) is 2. The van der Waals surface area contributed by atoms with E-state index in [9.17, 15) is 4.79 Å². The van der Waals surface area contributed by atoms with Crippen molar-refractivity contribution in [3.63, 3.8) is 0 Å². The predicted octanol–water partition coefficient (Wildman–Crippen LogP) is 4.04. The lowest BCUT2D eigenvalue weighted by Gasteiger charge is -2.40. The molecule has 1 amide bonds. The van der Waals surface area contributed by atoms with Gasteiger partial charge in [0.25, 0.3) is 5.91 Å². The van der Waals surface area contributed by atoms with Gasteiger partial charge in [-0.15, -0.1) is 0 Å². The summed E-state index contributed by atoms with van der Waals surface area (Å²) in [6.45, 7) is 6.00. The predicted molar refractivity (Wildman–Crippen MR) is 133 cm³/mol. The van der Waals surface area contributed by atoms with Gasteiger partial charge in [-0.05, 0) is 49.6 Å². The summed E-state index contributed by atoms with van der Waals surface area (Å²) in [6, 6.07) is 11.4. The summed E-state index contributed by atoms with van der Waals surface area (Å²) in [6.07, 6.45) is 5.45. The standard InChI is InChI=1S/C26H32N6O2/c1-18-30-23(14-24(27-3)31-18)26(2)10-6-12-32(17-26)25(33)20-8-9-22(34-4)21(13-20)29-16-19-7-5-11-28-15-19/h5,7-9,11,13-15,29H,6,10,12,16-17H2,1-4H3,(H,27,30,31)/t26-/m1/s1. The van der Waals surface area contributed by atoms with E-state index in [2.05, 4.69) is 27.5 Å². The molecule has 34 heavy (non-hydrogen) atoms. The molecule has 3 heterocycles. The molecule has 8 nitrogen and oxygen atoms in total. The number of carbonyl (C=O) groups excluding carboxylic acids is 1. The molecule has 2 aromatic heterocycles. The molecule has 2 N–H and O–H groups in total. The Labute approximate surface area is 200 Å². The van der Waals surface area contributed by atoms with E-state index in [1.165, 1.54) is 0 Å². The molecule has 0 saturated carbocycles. The van der Waals surface area contributed by atoms with E-state index in [1.807, 2.05) is 61.5 Å². The highest BCUT2D eigenvalue weighted by atomic mass is 16.5. The number of pyridine rings is 1. The summed E-state index contributed by atoms with van der Waals surface area (Å²) in [5, 5.41) is 6.49. The van der Waals surface area contributed by atoms with Crippen molar-refractivity contribution in [2.75, 3.05) is 37.9 Å². The number of benzene rings is 1. The molecule has 1 atom stereocenters. The van der Waals surface area contributed by atoms with Crippen molar-refractivity contribution < 1.29 is 9.53 Å². The average molecular weight is 461 g/mol. The summed E-state index contributed by atoms with van der Waals surface area (Å²) < 4.78 is 5.51. The van der Waals surface area contributed by atoms with Gasteiger partial charge in [-0.2, -0.15) is 0 Å². The highest BCUT2D eigenvalue weighted by Gasteiger charge is 2.36. The van der Waals surface area contributed by atoms with E-state index in [-0.39, 0.29) is 11.3 Å². The molecule has 178 valence electrons. The number of hydrogen-bond acceptors (Lipinski definition) is 7. The second-order valence-corrected chi connectivity index (χ2v) is 8.96. The van der Waals surface area contributed by atoms with Gasteiger partial charge >= 0.3 is 0 Å². The van der Waals surface area contributed by atoms with Crippen LogP contribution in [-0.4, -0.2) is 53.0 Å². The summed E-state index contributed by atoms with van der Waals surface area (Å²) in [4.78, 5) is 28.8. The van der Waals surface area contributed by atoms with Crippen LogP contribution in [0.4, 0.5) is 11.5 Å². The Morgan fingerprint density at radius 1 is 1.24 bits per heavy atom. The Hall–Kier alpha value is -3.68. The largest absolute Gasteiger partial charge is 0.495 e. The summed E-state index contributed by atoms with van der Waals surface area (Å²) >= 11 is 0. The number of rotatable bonds is 7. The molecule has 3 aromatic rings. The Bertz CT molecular complexity index is 1150. The van der Waals surface area contributed by atoms with Gasteiger partial charge in [0.1, 0.15) is 17.4 Å². The van der Waals surface area contributed by atoms with Crippen LogP contribution in [0.1, 0.15) is 47.2 Å². The first-order chi connectivity index (χ1) is 16.4. The number of likely N-dealkylation sites (tertiary alicyclic amines) is 1. The van der Waals surface area contributed by atoms with Crippen LogP contribution in [0.3, 0.4) is 0 Å². The van der Waals surface area contributed by atoms with Gasteiger partial charge in [-0.1, -0.05) is 13.0 Å². The van der Waals surface area contributed by atoms with Crippen LogP contribution in [0.2, 0.25) is 0 Å². The Morgan fingerprint density at radius 2 is 2.09 bits per heavy atom. The molecule has 1 aromatic carbocycles. The van der Waals surface area contributed by atoms with Crippen LogP contribution in [-0.2, 0) is 12.0 Å². The summed E-state index contributed by atoms with van der Waals surface area (Å²) in [7, 11) is 3.49. The highest BCUT2D eigenvalue weighted by Crippen LogP contribution is 2.35. The maximum absolute atomic E-state index is 13.5. The van der Waals surface area contributed by atoms with E-state index >= 15 is 0 Å². The first-order valence-corrected chi connectivity index (χ1v) is 11.6. The number of amides is 1. The monoisotopic (exact) mass is 460 g/mol. The number of aryl methyl sites for hydroxylation is 1. The topological polar surface area (TPSA) is 92.3 Å². The fourth-order valence-electron chi connectivity index (χ4n) is 4.49. The first kappa shape index (κ1) is 23.5. The van der Waals surface area contributed by atoms with Crippen LogP contribution in [0, 0.1) is 6.92 Å². The normalized spacial score (nSPS) is 17.8. The number of piperidine rings is 1. The molecule has 0 spiro atoms. The molecule has 1 fully saturated rings. The lowest BCUT2D eigenvalue weighted by molar-refractivity contribution is 0.0647. The second-order valence-electron chi connectivity index (χ2n) is 8.96. The molecule has 0 radical (unpaired) electrons. The third-order valence-electron chi connectivity index (χ3n) is 6.35. The molecule has 0 unspecified atom stereocenters. The molecule has 4 rings (SSSR count). The second kappa shape index (κ2) is 10.1. The van der Waals surface area contributed by atoms with Crippen molar-refractivity contribution in [2.45, 2.75) is 38.6 Å². The third-order valence-corrected chi connectivity index (χ3v) is 6.35. The number of nitrogens with one attached hydrogen (secondary N) is 2. The molecular formula is C26H32N6O2. The van der Waals surface area contributed by atoms with Crippen molar-refractivity contribution in [3.05, 3.63) is 71.4 Å². The molecule has 1 aliphatic rings. The number of carbonyl (C=O) groups is 1. The molecular weight excluding hydrogens is 428 g/mol. The van der Waals surface area contributed by atoms with Crippen molar-refractivity contribution in [1.29, 1.82) is 0 Å². The zero-order valence-electron chi connectivity index (χ0n) is 20.3. The van der Waals surface area contributed by atoms with Crippen LogP contribution in [0.25, 0.3) is 0 Å². The van der Waals surface area contributed by atoms with Gasteiger partial charge < -0.3 is 20.3 Å².